The van der Waals surface area contributed by atoms with Gasteiger partial charge in [-0.15, -0.1) is 11.3 Å². The number of hydrogen-bond acceptors (Lipinski definition) is 4. The van der Waals surface area contributed by atoms with Crippen LogP contribution in [0.4, 0.5) is 0 Å². The average molecular weight is 244 g/mol. The first-order valence-electron chi connectivity index (χ1n) is 4.51. The van der Waals surface area contributed by atoms with Gasteiger partial charge in [0, 0.05) is 6.04 Å². The summed E-state index contributed by atoms with van der Waals surface area (Å²) in [6.07, 6.45) is 0.715. The smallest absolute Gasteiger partial charge is 0.208 e. The van der Waals surface area contributed by atoms with Crippen molar-refractivity contribution in [3.8, 4) is 6.07 Å². The molecule has 1 unspecified atom stereocenters. The topological polar surface area (TPSA) is 70.0 Å². The Morgan fingerprint density at radius 3 is 2.87 bits per heavy atom. The van der Waals surface area contributed by atoms with E-state index in [0.717, 1.165) is 11.3 Å². The van der Waals surface area contributed by atoms with E-state index in [1.165, 1.54) is 6.07 Å². The number of nitrogens with zero attached hydrogens (tertiary/aromatic N) is 1. The van der Waals surface area contributed by atoms with Crippen LogP contribution >= 0.6 is 11.3 Å². The van der Waals surface area contributed by atoms with E-state index in [-0.39, 0.29) is 15.8 Å². The van der Waals surface area contributed by atoms with Gasteiger partial charge in [-0.1, -0.05) is 6.92 Å². The maximum atomic E-state index is 11.8. The van der Waals surface area contributed by atoms with Gasteiger partial charge in [-0.2, -0.15) is 5.26 Å². The third-order valence-corrected chi connectivity index (χ3v) is 5.04. The Bertz CT molecular complexity index is 471. The van der Waals surface area contributed by atoms with E-state index in [1.54, 1.807) is 12.3 Å². The van der Waals surface area contributed by atoms with Crippen molar-refractivity contribution in [3.05, 3.63) is 17.0 Å². The van der Waals surface area contributed by atoms with E-state index in [9.17, 15) is 8.42 Å². The predicted molar refractivity (Wildman–Crippen MR) is 59.1 cm³/mol. The van der Waals surface area contributed by atoms with Gasteiger partial charge in [-0.3, -0.25) is 0 Å². The second kappa shape index (κ2) is 4.75. The van der Waals surface area contributed by atoms with Crippen LogP contribution < -0.4 is 4.72 Å². The summed E-state index contributed by atoms with van der Waals surface area (Å²) in [5.41, 5.74) is 0.204. The highest BCUT2D eigenvalue weighted by Crippen LogP contribution is 2.21. The molecule has 0 bridgehead atoms. The molecule has 1 atom stereocenters. The first-order chi connectivity index (χ1) is 7.01. The molecule has 0 spiro atoms. The Hall–Kier alpha value is -0.900. The molecule has 4 nitrogen and oxygen atoms in total. The summed E-state index contributed by atoms with van der Waals surface area (Å²) in [7, 11) is -3.53. The third-order valence-electron chi connectivity index (χ3n) is 1.96. The fourth-order valence-corrected chi connectivity index (χ4v) is 3.58. The first-order valence-corrected chi connectivity index (χ1v) is 6.87. The molecule has 1 heterocycles. The van der Waals surface area contributed by atoms with Crippen LogP contribution in [0.3, 0.4) is 0 Å². The van der Waals surface area contributed by atoms with E-state index in [2.05, 4.69) is 4.72 Å². The highest BCUT2D eigenvalue weighted by atomic mass is 32.2. The van der Waals surface area contributed by atoms with Crippen molar-refractivity contribution in [3.63, 3.8) is 0 Å². The van der Waals surface area contributed by atoms with Crippen molar-refractivity contribution in [1.29, 1.82) is 5.26 Å². The van der Waals surface area contributed by atoms with Crippen LogP contribution in [0, 0.1) is 11.3 Å². The average Bonchev–Trinajstić information content (AvgIpc) is 2.65. The molecule has 0 fully saturated rings. The third kappa shape index (κ3) is 2.78. The molecular formula is C9H12N2O2S2. The predicted octanol–water partition coefficient (Wildman–Crippen LogP) is 1.70. The van der Waals surface area contributed by atoms with Gasteiger partial charge >= 0.3 is 0 Å². The van der Waals surface area contributed by atoms with E-state index < -0.39 is 10.0 Å². The molecule has 1 aromatic heterocycles. The molecule has 0 amide bonds. The van der Waals surface area contributed by atoms with Gasteiger partial charge in [-0.25, -0.2) is 13.1 Å². The zero-order chi connectivity index (χ0) is 11.5. The minimum absolute atomic E-state index is 0.102. The van der Waals surface area contributed by atoms with Crippen LogP contribution in [-0.4, -0.2) is 14.5 Å². The monoisotopic (exact) mass is 244 g/mol. The Morgan fingerprint density at radius 2 is 2.33 bits per heavy atom. The van der Waals surface area contributed by atoms with Crippen molar-refractivity contribution in [1.82, 2.24) is 4.72 Å². The molecule has 82 valence electrons. The lowest BCUT2D eigenvalue weighted by Crippen LogP contribution is -2.31. The Labute approximate surface area is 93.6 Å². The zero-order valence-electron chi connectivity index (χ0n) is 8.52. The standard InChI is InChI=1S/C9H12N2O2S2/c1-3-7(2)11-15(12,13)9-8(6-10)4-5-14-9/h4-5,7,11H,3H2,1-2H3. The quantitative estimate of drug-likeness (QED) is 0.876. The van der Waals surface area contributed by atoms with Gasteiger partial charge in [0.05, 0.1) is 5.56 Å². The Balaban J connectivity index is 3.03. The summed E-state index contributed by atoms with van der Waals surface area (Å²) in [6.45, 7) is 3.68. The van der Waals surface area contributed by atoms with Crippen molar-refractivity contribution in [2.45, 2.75) is 30.5 Å². The molecular weight excluding hydrogens is 232 g/mol. The largest absolute Gasteiger partial charge is 0.251 e. The summed E-state index contributed by atoms with van der Waals surface area (Å²) in [6, 6.07) is 3.25. The van der Waals surface area contributed by atoms with Crippen LogP contribution in [0.5, 0.6) is 0 Å². The molecule has 0 aliphatic heterocycles. The van der Waals surface area contributed by atoms with Crippen LogP contribution in [-0.2, 0) is 10.0 Å². The van der Waals surface area contributed by atoms with Gasteiger partial charge in [0.2, 0.25) is 0 Å². The van der Waals surface area contributed by atoms with Gasteiger partial charge in [0.25, 0.3) is 10.0 Å². The van der Waals surface area contributed by atoms with E-state index in [0.29, 0.717) is 6.42 Å². The van der Waals surface area contributed by atoms with E-state index in [4.69, 9.17) is 5.26 Å². The fraction of sp³-hybridized carbons (Fsp3) is 0.444. The highest BCUT2D eigenvalue weighted by molar-refractivity contribution is 7.91. The summed E-state index contributed by atoms with van der Waals surface area (Å²) in [4.78, 5) is 0. The second-order valence-electron chi connectivity index (χ2n) is 3.16. The van der Waals surface area contributed by atoms with E-state index in [1.807, 2.05) is 13.0 Å². The van der Waals surface area contributed by atoms with Crippen molar-refractivity contribution < 1.29 is 8.42 Å². The van der Waals surface area contributed by atoms with Crippen LogP contribution in [0.15, 0.2) is 15.7 Å². The zero-order valence-corrected chi connectivity index (χ0v) is 10.2. The normalized spacial score (nSPS) is 13.4. The highest BCUT2D eigenvalue weighted by Gasteiger charge is 2.21. The maximum absolute atomic E-state index is 11.8. The summed E-state index contributed by atoms with van der Waals surface area (Å²) in [5, 5.41) is 10.3. The first kappa shape index (κ1) is 12.2. The lowest BCUT2D eigenvalue weighted by Gasteiger charge is -2.10. The van der Waals surface area contributed by atoms with Crippen LogP contribution in [0.25, 0.3) is 0 Å². The summed E-state index contributed by atoms with van der Waals surface area (Å²) >= 11 is 1.06. The number of nitriles is 1. The fourth-order valence-electron chi connectivity index (χ4n) is 0.988. The van der Waals surface area contributed by atoms with E-state index >= 15 is 0 Å². The number of rotatable bonds is 4. The van der Waals surface area contributed by atoms with Crippen LogP contribution in [0.1, 0.15) is 25.8 Å². The molecule has 0 saturated heterocycles. The summed E-state index contributed by atoms with van der Waals surface area (Å²) in [5.74, 6) is 0. The molecule has 0 aliphatic rings. The molecule has 1 aromatic rings. The minimum atomic E-state index is -3.53. The Morgan fingerprint density at radius 1 is 1.67 bits per heavy atom. The SMILES string of the molecule is CCC(C)NS(=O)(=O)c1sccc1C#N. The molecule has 0 aliphatic carbocycles. The molecule has 15 heavy (non-hydrogen) atoms. The number of sulfonamides is 1. The number of nitrogens with one attached hydrogen (secondary N) is 1. The van der Waals surface area contributed by atoms with Crippen molar-refractivity contribution in [2.24, 2.45) is 0 Å². The van der Waals surface area contributed by atoms with Crippen molar-refractivity contribution >= 4 is 21.4 Å². The molecule has 1 N–H and O–H groups in total. The molecule has 0 saturated carbocycles. The number of hydrogen-bond donors (Lipinski definition) is 1. The van der Waals surface area contributed by atoms with Gasteiger partial charge in [-0.05, 0) is 24.8 Å². The molecule has 1 rings (SSSR count). The van der Waals surface area contributed by atoms with Gasteiger partial charge in [0.15, 0.2) is 4.21 Å². The molecule has 6 heteroatoms. The number of thiophene rings is 1. The minimum Gasteiger partial charge on any atom is -0.208 e. The Kier molecular flexibility index (Phi) is 3.85. The maximum Gasteiger partial charge on any atom is 0.251 e. The second-order valence-corrected chi connectivity index (χ2v) is 5.99. The van der Waals surface area contributed by atoms with Crippen LogP contribution in [0.2, 0.25) is 0 Å². The molecule has 0 radical (unpaired) electrons. The lowest BCUT2D eigenvalue weighted by atomic mass is 10.3. The lowest BCUT2D eigenvalue weighted by molar-refractivity contribution is 0.557. The van der Waals surface area contributed by atoms with Gasteiger partial charge < -0.3 is 0 Å². The molecule has 0 aromatic carbocycles. The summed E-state index contributed by atoms with van der Waals surface area (Å²) < 4.78 is 26.2. The van der Waals surface area contributed by atoms with Gasteiger partial charge in [0.1, 0.15) is 6.07 Å². The van der Waals surface area contributed by atoms with Crippen molar-refractivity contribution in [2.75, 3.05) is 0 Å².